The van der Waals surface area contributed by atoms with Crippen molar-refractivity contribution in [2.45, 2.75) is 39.5 Å². The molecule has 1 amide bonds. The first kappa shape index (κ1) is 23.8. The first-order valence-electron chi connectivity index (χ1n) is 10.8. The number of nitrogens with zero attached hydrogens (tertiary/aromatic N) is 1. The van der Waals surface area contributed by atoms with Gasteiger partial charge in [0.15, 0.2) is 0 Å². The van der Waals surface area contributed by atoms with Crippen LogP contribution in [0.25, 0.3) is 10.8 Å². The van der Waals surface area contributed by atoms with Gasteiger partial charge in [0.05, 0.1) is 0 Å². The Morgan fingerprint density at radius 2 is 1.56 bits per heavy atom. The van der Waals surface area contributed by atoms with Gasteiger partial charge in [0.2, 0.25) is 0 Å². The molecule has 7 heteroatoms. The molecule has 0 spiro atoms. The largest absolute Gasteiger partial charge is 0.488 e. The van der Waals surface area contributed by atoms with Crippen molar-refractivity contribution in [3.05, 3.63) is 77.9 Å². The first-order chi connectivity index (χ1) is 15.2. The van der Waals surface area contributed by atoms with Gasteiger partial charge in [-0.25, -0.2) is 4.79 Å². The summed E-state index contributed by atoms with van der Waals surface area (Å²) in [5.41, 5.74) is 1.93. The van der Waals surface area contributed by atoms with Crippen LogP contribution in [0.5, 0.6) is 0 Å². The monoisotopic (exact) mass is 434 g/mol. The van der Waals surface area contributed by atoms with Gasteiger partial charge in [0.25, 0.3) is 0 Å². The van der Waals surface area contributed by atoms with E-state index in [0.29, 0.717) is 31.6 Å². The smallest absolute Gasteiger partial charge is 0.444 e. The van der Waals surface area contributed by atoms with E-state index in [9.17, 15) is 14.8 Å². The van der Waals surface area contributed by atoms with Crippen LogP contribution in [0, 0.1) is 0 Å². The molecule has 0 saturated heterocycles. The molecular weight excluding hydrogens is 403 g/mol. The number of amides is 1. The number of carbonyl (C=O) groups excluding carboxylic acids is 1. The number of rotatable bonds is 8. The predicted octanol–water partition coefficient (Wildman–Crippen LogP) is 3.05. The van der Waals surface area contributed by atoms with Crippen LogP contribution < -0.4 is 10.8 Å². The van der Waals surface area contributed by atoms with Gasteiger partial charge in [-0.15, -0.1) is 0 Å². The molecule has 0 saturated carbocycles. The minimum Gasteiger partial charge on any atom is -0.444 e. The van der Waals surface area contributed by atoms with Crippen LogP contribution in [0.15, 0.2) is 66.7 Å². The molecule has 6 nitrogen and oxygen atoms in total. The van der Waals surface area contributed by atoms with Gasteiger partial charge >= 0.3 is 13.2 Å². The van der Waals surface area contributed by atoms with Crippen molar-refractivity contribution in [2.75, 3.05) is 13.1 Å². The Hall–Kier alpha value is -2.87. The average Bonchev–Trinajstić information content (AvgIpc) is 2.73. The molecule has 0 aliphatic carbocycles. The first-order valence-corrected chi connectivity index (χ1v) is 10.8. The number of alkyl carbamates (subject to hydrolysis) is 1. The van der Waals surface area contributed by atoms with E-state index in [1.54, 1.807) is 12.1 Å². The molecule has 0 atom stereocenters. The highest BCUT2D eigenvalue weighted by Gasteiger charge is 2.19. The zero-order valence-electron chi connectivity index (χ0n) is 18.9. The zero-order chi connectivity index (χ0) is 23.1. The van der Waals surface area contributed by atoms with Gasteiger partial charge in [-0.3, -0.25) is 4.90 Å². The molecule has 3 aromatic carbocycles. The van der Waals surface area contributed by atoms with E-state index in [1.807, 2.05) is 51.1 Å². The maximum atomic E-state index is 12.1. The molecule has 168 valence electrons. The third-order valence-electron chi connectivity index (χ3n) is 5.10. The fourth-order valence-corrected chi connectivity index (χ4v) is 3.69. The molecule has 0 aromatic heterocycles. The van der Waals surface area contributed by atoms with E-state index in [-0.39, 0.29) is 0 Å². The van der Waals surface area contributed by atoms with E-state index in [1.165, 1.54) is 16.3 Å². The Balaban J connectivity index is 1.78. The number of carbonyl (C=O) groups is 1. The molecule has 0 unspecified atom stereocenters. The van der Waals surface area contributed by atoms with Crippen LogP contribution in [0.3, 0.4) is 0 Å². The minimum absolute atomic E-state index is 0.406. The fraction of sp³-hybridized carbons (Fsp3) is 0.320. The van der Waals surface area contributed by atoms with Crippen LogP contribution in [0.1, 0.15) is 31.9 Å². The van der Waals surface area contributed by atoms with Crippen LogP contribution in [-0.2, 0) is 17.8 Å². The van der Waals surface area contributed by atoms with Crippen molar-refractivity contribution in [2.24, 2.45) is 0 Å². The fourth-order valence-electron chi connectivity index (χ4n) is 3.69. The van der Waals surface area contributed by atoms with Gasteiger partial charge in [-0.1, -0.05) is 66.7 Å². The standard InChI is InChI=1S/C25H31BN2O4/c1-25(2,3)32-24(29)27-15-16-28(18-21-10-5-7-14-23(21)26(30)31)17-20-12-8-11-19-9-4-6-13-22(19)20/h4-14,30-31H,15-18H2,1-3H3,(H,27,29). The third-order valence-corrected chi connectivity index (χ3v) is 5.10. The molecule has 0 aliphatic heterocycles. The molecule has 0 fully saturated rings. The van der Waals surface area contributed by atoms with Gasteiger partial charge in [-0.2, -0.15) is 0 Å². The van der Waals surface area contributed by atoms with Gasteiger partial charge in [0.1, 0.15) is 5.60 Å². The Kier molecular flexibility index (Phi) is 7.91. The van der Waals surface area contributed by atoms with Crippen LogP contribution in [-0.4, -0.2) is 46.9 Å². The molecule has 0 bridgehead atoms. The Labute approximate surface area is 190 Å². The summed E-state index contributed by atoms with van der Waals surface area (Å²) in [6, 6.07) is 21.8. The Morgan fingerprint density at radius 3 is 2.31 bits per heavy atom. The molecule has 32 heavy (non-hydrogen) atoms. The van der Waals surface area contributed by atoms with Crippen LogP contribution >= 0.6 is 0 Å². The van der Waals surface area contributed by atoms with E-state index < -0.39 is 18.8 Å². The lowest BCUT2D eigenvalue weighted by Crippen LogP contribution is -2.39. The number of nitrogens with one attached hydrogen (secondary N) is 1. The lowest BCUT2D eigenvalue weighted by Gasteiger charge is -2.25. The summed E-state index contributed by atoms with van der Waals surface area (Å²) in [7, 11) is -1.54. The second kappa shape index (κ2) is 10.6. The van der Waals surface area contributed by atoms with Gasteiger partial charge in [-0.05, 0) is 48.1 Å². The summed E-state index contributed by atoms with van der Waals surface area (Å²) in [5.74, 6) is 0. The summed E-state index contributed by atoms with van der Waals surface area (Å²) in [4.78, 5) is 14.2. The van der Waals surface area contributed by atoms with E-state index in [2.05, 4.69) is 34.5 Å². The predicted molar refractivity (Wildman–Crippen MR) is 129 cm³/mol. The summed E-state index contributed by atoms with van der Waals surface area (Å²) >= 11 is 0. The highest BCUT2D eigenvalue weighted by atomic mass is 16.6. The number of hydrogen-bond acceptors (Lipinski definition) is 5. The van der Waals surface area contributed by atoms with Crippen molar-refractivity contribution >= 4 is 29.4 Å². The topological polar surface area (TPSA) is 82.0 Å². The molecule has 3 aromatic rings. The summed E-state index contributed by atoms with van der Waals surface area (Å²) in [6.07, 6.45) is -0.450. The average molecular weight is 434 g/mol. The second-order valence-electron chi connectivity index (χ2n) is 8.85. The van der Waals surface area contributed by atoms with Gasteiger partial charge in [0, 0.05) is 26.2 Å². The molecule has 3 N–H and O–H groups in total. The molecule has 0 radical (unpaired) electrons. The Morgan fingerprint density at radius 1 is 0.938 bits per heavy atom. The Bertz CT molecular complexity index is 1040. The highest BCUT2D eigenvalue weighted by Crippen LogP contribution is 2.20. The van der Waals surface area contributed by atoms with E-state index in [4.69, 9.17) is 4.74 Å². The van der Waals surface area contributed by atoms with Crippen molar-refractivity contribution in [1.29, 1.82) is 0 Å². The van der Waals surface area contributed by atoms with Crippen molar-refractivity contribution in [3.8, 4) is 0 Å². The molecular formula is C25H31BN2O4. The normalized spacial score (nSPS) is 11.6. The number of ether oxygens (including phenoxy) is 1. The molecule has 3 rings (SSSR count). The lowest BCUT2D eigenvalue weighted by atomic mass is 9.77. The minimum atomic E-state index is -1.54. The van der Waals surface area contributed by atoms with Gasteiger partial charge < -0.3 is 20.1 Å². The number of hydrogen-bond donors (Lipinski definition) is 3. The SMILES string of the molecule is CC(C)(C)OC(=O)NCCN(Cc1ccccc1B(O)O)Cc1cccc2ccccc12. The van der Waals surface area contributed by atoms with Crippen molar-refractivity contribution in [1.82, 2.24) is 10.2 Å². The van der Waals surface area contributed by atoms with Crippen molar-refractivity contribution in [3.63, 3.8) is 0 Å². The second-order valence-corrected chi connectivity index (χ2v) is 8.85. The maximum Gasteiger partial charge on any atom is 0.488 e. The zero-order valence-corrected chi connectivity index (χ0v) is 18.9. The van der Waals surface area contributed by atoms with E-state index in [0.717, 1.165) is 5.56 Å². The number of benzene rings is 3. The van der Waals surface area contributed by atoms with Crippen LogP contribution in [0.4, 0.5) is 4.79 Å². The summed E-state index contributed by atoms with van der Waals surface area (Å²) in [6.45, 7) is 7.62. The molecule has 0 heterocycles. The maximum absolute atomic E-state index is 12.1. The third kappa shape index (κ3) is 6.82. The highest BCUT2D eigenvalue weighted by molar-refractivity contribution is 6.59. The van der Waals surface area contributed by atoms with Crippen molar-refractivity contribution < 1.29 is 19.6 Å². The number of fused-ring (bicyclic) bond motifs is 1. The van der Waals surface area contributed by atoms with Crippen LogP contribution in [0.2, 0.25) is 0 Å². The van der Waals surface area contributed by atoms with E-state index >= 15 is 0 Å². The molecule has 0 aliphatic rings. The quantitative estimate of drug-likeness (QED) is 0.475. The summed E-state index contributed by atoms with van der Waals surface area (Å²) < 4.78 is 5.33. The summed E-state index contributed by atoms with van der Waals surface area (Å²) in [5, 5.41) is 24.7. The lowest BCUT2D eigenvalue weighted by molar-refractivity contribution is 0.0521.